The molecule has 0 amide bonds. The lowest BCUT2D eigenvalue weighted by Crippen LogP contribution is -2.10. The van der Waals surface area contributed by atoms with E-state index in [4.69, 9.17) is 0 Å². The Bertz CT molecular complexity index is 2800. The fourth-order valence-electron chi connectivity index (χ4n) is 7.26. The zero-order valence-corrected chi connectivity index (χ0v) is 27.0. The summed E-state index contributed by atoms with van der Waals surface area (Å²) < 4.78 is 5.28. The van der Waals surface area contributed by atoms with Crippen molar-refractivity contribution in [3.8, 4) is 11.1 Å². The molecule has 10 rings (SSSR count). The van der Waals surface area contributed by atoms with Crippen LogP contribution in [0, 0.1) is 0 Å². The second-order valence-corrected chi connectivity index (χ2v) is 14.2. The summed E-state index contributed by atoms with van der Waals surface area (Å²) in [6.07, 6.45) is 0. The van der Waals surface area contributed by atoms with E-state index < -0.39 is 0 Å². The Balaban J connectivity index is 1.19. The molecule has 0 bridgehead atoms. The Kier molecular flexibility index (Phi) is 5.98. The van der Waals surface area contributed by atoms with Crippen LogP contribution in [0.5, 0.6) is 0 Å². The van der Waals surface area contributed by atoms with Crippen molar-refractivity contribution in [2.24, 2.45) is 0 Å². The van der Waals surface area contributed by atoms with E-state index in [9.17, 15) is 0 Å². The maximum Gasteiger partial charge on any atom is 0.0554 e. The van der Waals surface area contributed by atoms with Crippen LogP contribution in [0.3, 0.4) is 0 Å². The monoisotopic (exact) mass is 633 g/mol. The number of thiophene rings is 2. The summed E-state index contributed by atoms with van der Waals surface area (Å²) in [5, 5.41) is 10.3. The molecule has 0 atom stereocenters. The average Bonchev–Trinajstić information content (AvgIpc) is 3.71. The topological polar surface area (TPSA) is 3.24 Å². The lowest BCUT2D eigenvalue weighted by Gasteiger charge is -2.27. The minimum atomic E-state index is 1.14. The minimum Gasteiger partial charge on any atom is -0.310 e. The van der Waals surface area contributed by atoms with E-state index in [1.54, 1.807) is 0 Å². The zero-order chi connectivity index (χ0) is 30.9. The van der Waals surface area contributed by atoms with Crippen LogP contribution >= 0.6 is 22.7 Å². The third-order valence-corrected chi connectivity index (χ3v) is 11.8. The van der Waals surface area contributed by atoms with E-state index in [1.165, 1.54) is 78.7 Å². The van der Waals surface area contributed by atoms with Crippen molar-refractivity contribution in [2.75, 3.05) is 4.90 Å². The third-order valence-electron chi connectivity index (χ3n) is 9.45. The van der Waals surface area contributed by atoms with Crippen LogP contribution in [0.2, 0.25) is 0 Å². The Morgan fingerprint density at radius 2 is 1.00 bits per heavy atom. The van der Waals surface area contributed by atoms with E-state index in [-0.39, 0.29) is 0 Å². The molecule has 3 heteroatoms. The van der Waals surface area contributed by atoms with Crippen molar-refractivity contribution in [1.29, 1.82) is 0 Å². The largest absolute Gasteiger partial charge is 0.310 e. The molecule has 1 nitrogen and oxygen atoms in total. The van der Waals surface area contributed by atoms with Crippen LogP contribution in [0.15, 0.2) is 164 Å². The smallest absolute Gasteiger partial charge is 0.0554 e. The van der Waals surface area contributed by atoms with Crippen LogP contribution in [0.4, 0.5) is 17.1 Å². The molecule has 8 aromatic carbocycles. The van der Waals surface area contributed by atoms with Crippen LogP contribution in [-0.4, -0.2) is 0 Å². The Labute approximate surface area is 280 Å². The molecule has 2 aromatic heterocycles. The molecule has 220 valence electrons. The normalized spacial score (nSPS) is 11.8. The van der Waals surface area contributed by atoms with Gasteiger partial charge < -0.3 is 4.90 Å². The highest BCUT2D eigenvalue weighted by Gasteiger charge is 2.19. The third kappa shape index (κ3) is 4.21. The molecule has 0 aliphatic heterocycles. The first-order valence-electron chi connectivity index (χ1n) is 15.9. The van der Waals surface area contributed by atoms with Crippen LogP contribution in [-0.2, 0) is 0 Å². The SMILES string of the molecule is c1ccc2c(c1)ccc1ccc(N(c3ccc(-c4cccc5c4sc4ccccc45)cc3)c3cccc4sc5ccccc5c34)cc12. The summed E-state index contributed by atoms with van der Waals surface area (Å²) in [4.78, 5) is 2.45. The number of nitrogens with zero attached hydrogens (tertiary/aromatic N) is 1. The quantitative estimate of drug-likeness (QED) is 0.174. The minimum absolute atomic E-state index is 1.14. The van der Waals surface area contributed by atoms with Crippen molar-refractivity contribution in [3.63, 3.8) is 0 Å². The van der Waals surface area contributed by atoms with Crippen molar-refractivity contribution in [1.82, 2.24) is 0 Å². The summed E-state index contributed by atoms with van der Waals surface area (Å²) >= 11 is 3.75. The van der Waals surface area contributed by atoms with E-state index in [2.05, 4.69) is 169 Å². The van der Waals surface area contributed by atoms with E-state index in [0.29, 0.717) is 0 Å². The maximum absolute atomic E-state index is 2.45. The molecule has 2 heterocycles. The van der Waals surface area contributed by atoms with Gasteiger partial charge in [0.15, 0.2) is 0 Å². The van der Waals surface area contributed by atoms with Gasteiger partial charge in [0.1, 0.15) is 0 Å². The standard InChI is InChI=1S/C44H27NS2/c1-2-10-33-28(9-1)19-20-30-23-26-32(27-38(30)33)45(39-15-8-18-42-43(39)37-12-4-6-17-41(37)46-42)31-24-21-29(22-25-31)34-13-7-14-36-35-11-3-5-16-40(35)47-44(34)36/h1-27H. The molecule has 0 spiro atoms. The fourth-order valence-corrected chi connectivity index (χ4v) is 9.63. The Morgan fingerprint density at radius 3 is 1.85 bits per heavy atom. The summed E-state index contributed by atoms with van der Waals surface area (Å²) in [7, 11) is 0. The zero-order valence-electron chi connectivity index (χ0n) is 25.4. The number of fused-ring (bicyclic) bond motifs is 9. The molecular weight excluding hydrogens is 607 g/mol. The van der Waals surface area contributed by atoms with E-state index >= 15 is 0 Å². The molecule has 0 aliphatic carbocycles. The van der Waals surface area contributed by atoms with Gasteiger partial charge in [-0.05, 0) is 81.2 Å². The highest BCUT2D eigenvalue weighted by Crippen LogP contribution is 2.46. The molecule has 0 saturated carbocycles. The van der Waals surface area contributed by atoms with Gasteiger partial charge in [0.2, 0.25) is 0 Å². The number of benzene rings is 8. The van der Waals surface area contributed by atoms with E-state index in [1.807, 2.05) is 22.7 Å². The first-order valence-corrected chi connectivity index (χ1v) is 17.6. The van der Waals surface area contributed by atoms with Crippen molar-refractivity contribution < 1.29 is 0 Å². The second kappa shape index (κ2) is 10.5. The summed E-state index contributed by atoms with van der Waals surface area (Å²) in [5.41, 5.74) is 5.99. The van der Waals surface area contributed by atoms with Crippen molar-refractivity contribution in [2.45, 2.75) is 0 Å². The maximum atomic E-state index is 2.45. The molecule has 0 fully saturated rings. The van der Waals surface area contributed by atoms with Gasteiger partial charge in [-0.25, -0.2) is 0 Å². The number of rotatable bonds is 4. The molecule has 47 heavy (non-hydrogen) atoms. The average molecular weight is 634 g/mol. The number of hydrogen-bond acceptors (Lipinski definition) is 3. The van der Waals surface area contributed by atoms with Gasteiger partial charge in [-0.1, -0.05) is 115 Å². The van der Waals surface area contributed by atoms with Gasteiger partial charge in [0, 0.05) is 51.7 Å². The molecule has 0 saturated heterocycles. The predicted octanol–water partition coefficient (Wildman–Crippen LogP) is 13.9. The van der Waals surface area contributed by atoms with Crippen molar-refractivity contribution >= 4 is 102 Å². The lowest BCUT2D eigenvalue weighted by molar-refractivity contribution is 1.31. The molecule has 10 aromatic rings. The molecule has 0 unspecified atom stereocenters. The van der Waals surface area contributed by atoms with Crippen LogP contribution in [0.25, 0.3) is 73.0 Å². The Hall–Kier alpha value is -5.48. The second-order valence-electron chi connectivity index (χ2n) is 12.1. The lowest BCUT2D eigenvalue weighted by atomic mass is 10.00. The summed E-state index contributed by atoms with van der Waals surface area (Å²) in [5.74, 6) is 0. The van der Waals surface area contributed by atoms with Crippen LogP contribution in [0.1, 0.15) is 0 Å². The highest BCUT2D eigenvalue weighted by atomic mass is 32.1. The first-order chi connectivity index (χ1) is 23.3. The fraction of sp³-hybridized carbons (Fsp3) is 0. The van der Waals surface area contributed by atoms with Gasteiger partial charge in [-0.3, -0.25) is 0 Å². The van der Waals surface area contributed by atoms with Gasteiger partial charge in [-0.2, -0.15) is 0 Å². The van der Waals surface area contributed by atoms with Gasteiger partial charge in [0.25, 0.3) is 0 Å². The predicted molar refractivity (Wildman–Crippen MR) is 207 cm³/mol. The van der Waals surface area contributed by atoms with Gasteiger partial charge in [0.05, 0.1) is 5.69 Å². The molecule has 0 N–H and O–H groups in total. The van der Waals surface area contributed by atoms with Crippen LogP contribution < -0.4 is 4.90 Å². The molecule has 0 radical (unpaired) electrons. The number of anilines is 3. The van der Waals surface area contributed by atoms with Gasteiger partial charge >= 0.3 is 0 Å². The Morgan fingerprint density at radius 1 is 0.383 bits per heavy atom. The highest BCUT2D eigenvalue weighted by molar-refractivity contribution is 7.26. The van der Waals surface area contributed by atoms with E-state index in [0.717, 1.165) is 11.4 Å². The number of hydrogen-bond donors (Lipinski definition) is 0. The molecule has 0 aliphatic rings. The van der Waals surface area contributed by atoms with Gasteiger partial charge in [-0.15, -0.1) is 22.7 Å². The van der Waals surface area contributed by atoms with Crippen molar-refractivity contribution in [3.05, 3.63) is 164 Å². The summed E-state index contributed by atoms with van der Waals surface area (Å²) in [6, 6.07) is 60.2. The summed E-state index contributed by atoms with van der Waals surface area (Å²) in [6.45, 7) is 0. The molecular formula is C44H27NS2. The first kappa shape index (κ1) is 26.7.